The first-order valence-electron chi connectivity index (χ1n) is 7.21. The van der Waals surface area contributed by atoms with E-state index in [2.05, 4.69) is 16.4 Å². The number of aromatic carboxylic acids is 1. The van der Waals surface area contributed by atoms with Crippen LogP contribution in [0.5, 0.6) is 5.75 Å². The number of carbonyl (C=O) groups is 2. The molecule has 0 saturated heterocycles. The number of anilines is 1. The molecule has 130 valence electrons. The van der Waals surface area contributed by atoms with Crippen molar-refractivity contribution in [3.8, 4) is 23.1 Å². The lowest BCUT2D eigenvalue weighted by Gasteiger charge is -2.02. The highest BCUT2D eigenvalue weighted by Crippen LogP contribution is 2.32. The number of thiazole rings is 1. The van der Waals surface area contributed by atoms with E-state index in [1.165, 1.54) is 12.1 Å². The van der Waals surface area contributed by atoms with Gasteiger partial charge in [-0.25, -0.2) is 9.78 Å². The predicted octanol–water partition coefficient (Wildman–Crippen LogP) is 3.70. The third-order valence-corrected chi connectivity index (χ3v) is 5.28. The molecule has 0 aliphatic heterocycles. The molecule has 0 spiro atoms. The Hall–Kier alpha value is -3.22. The zero-order chi connectivity index (χ0) is 18.7. The summed E-state index contributed by atoms with van der Waals surface area (Å²) in [6, 6.07) is 12.0. The standard InChI is InChI=1S/C17H11N3O4S2/c1-24-10-4-2-3-9(7-10)14-13(8-18)26-17(19-14)20-15(21)11-5-6-12(25-11)16(22)23/h2-7H,1H3,(H,22,23)(H,19,20,21). The molecule has 2 heterocycles. The van der Waals surface area contributed by atoms with Gasteiger partial charge in [0.2, 0.25) is 0 Å². The molecule has 0 atom stereocenters. The number of carboxylic acids is 1. The fourth-order valence-corrected chi connectivity index (χ4v) is 3.67. The number of carbonyl (C=O) groups excluding carboxylic acids is 1. The Bertz CT molecular complexity index is 1030. The van der Waals surface area contributed by atoms with Crippen LogP contribution in [0, 0.1) is 11.3 Å². The van der Waals surface area contributed by atoms with Crippen LogP contribution in [-0.2, 0) is 0 Å². The number of benzene rings is 1. The van der Waals surface area contributed by atoms with Crippen LogP contribution in [0.25, 0.3) is 11.3 Å². The quantitative estimate of drug-likeness (QED) is 0.692. The zero-order valence-electron chi connectivity index (χ0n) is 13.3. The number of nitrogens with zero attached hydrogens (tertiary/aromatic N) is 2. The number of carboxylic acid groups (broad SMARTS) is 1. The van der Waals surface area contributed by atoms with Gasteiger partial charge in [0.1, 0.15) is 27.3 Å². The van der Waals surface area contributed by atoms with Crippen molar-refractivity contribution >= 4 is 39.7 Å². The summed E-state index contributed by atoms with van der Waals surface area (Å²) >= 11 is 1.92. The molecule has 1 amide bonds. The number of nitriles is 1. The molecule has 7 nitrogen and oxygen atoms in total. The van der Waals surface area contributed by atoms with Gasteiger partial charge < -0.3 is 9.84 Å². The Kier molecular flexibility index (Phi) is 4.97. The summed E-state index contributed by atoms with van der Waals surface area (Å²) in [5.74, 6) is -0.932. The summed E-state index contributed by atoms with van der Waals surface area (Å²) in [4.78, 5) is 28.2. The molecule has 0 unspecified atom stereocenters. The normalized spacial score (nSPS) is 10.2. The molecule has 9 heteroatoms. The van der Waals surface area contributed by atoms with E-state index in [4.69, 9.17) is 9.84 Å². The van der Waals surface area contributed by atoms with Crippen LogP contribution in [0.15, 0.2) is 36.4 Å². The number of ether oxygens (including phenoxy) is 1. The summed E-state index contributed by atoms with van der Waals surface area (Å²) in [5.41, 5.74) is 1.14. The second-order valence-corrected chi connectivity index (χ2v) is 7.05. The number of aromatic nitrogens is 1. The Labute approximate surface area is 156 Å². The summed E-state index contributed by atoms with van der Waals surface area (Å²) in [6.07, 6.45) is 0. The zero-order valence-corrected chi connectivity index (χ0v) is 15.0. The number of amides is 1. The lowest BCUT2D eigenvalue weighted by atomic mass is 10.1. The minimum absolute atomic E-state index is 0.0732. The molecular formula is C17H11N3O4S2. The first kappa shape index (κ1) is 17.6. The van der Waals surface area contributed by atoms with E-state index in [1.807, 2.05) is 0 Å². The average Bonchev–Trinajstić information content (AvgIpc) is 3.29. The fourth-order valence-electron chi connectivity index (χ4n) is 2.15. The highest BCUT2D eigenvalue weighted by molar-refractivity contribution is 7.17. The van der Waals surface area contributed by atoms with Crippen LogP contribution in [-0.4, -0.2) is 29.1 Å². The maximum absolute atomic E-state index is 12.3. The van der Waals surface area contributed by atoms with Crippen LogP contribution < -0.4 is 10.1 Å². The van der Waals surface area contributed by atoms with Crippen molar-refractivity contribution in [2.75, 3.05) is 12.4 Å². The van der Waals surface area contributed by atoms with Gasteiger partial charge in [-0.1, -0.05) is 23.5 Å². The van der Waals surface area contributed by atoms with E-state index < -0.39 is 11.9 Å². The number of hydrogen-bond donors (Lipinski definition) is 2. The molecule has 0 aliphatic rings. The molecule has 0 aliphatic carbocycles. The molecule has 2 N–H and O–H groups in total. The third kappa shape index (κ3) is 3.56. The van der Waals surface area contributed by atoms with Gasteiger partial charge in [-0.2, -0.15) is 5.26 Å². The van der Waals surface area contributed by atoms with E-state index in [-0.39, 0.29) is 14.9 Å². The van der Waals surface area contributed by atoms with Crippen molar-refractivity contribution in [3.05, 3.63) is 51.0 Å². The third-order valence-electron chi connectivity index (χ3n) is 3.33. The largest absolute Gasteiger partial charge is 0.497 e. The van der Waals surface area contributed by atoms with Crippen LogP contribution in [0.3, 0.4) is 0 Å². The molecule has 3 rings (SSSR count). The first-order valence-corrected chi connectivity index (χ1v) is 8.85. The molecular weight excluding hydrogens is 374 g/mol. The van der Waals surface area contributed by atoms with Gasteiger partial charge >= 0.3 is 5.97 Å². The molecule has 0 bridgehead atoms. The lowest BCUT2D eigenvalue weighted by molar-refractivity contribution is 0.0702. The van der Waals surface area contributed by atoms with Crippen LogP contribution in [0.2, 0.25) is 0 Å². The van der Waals surface area contributed by atoms with E-state index in [0.717, 1.165) is 22.7 Å². The molecule has 26 heavy (non-hydrogen) atoms. The van der Waals surface area contributed by atoms with E-state index >= 15 is 0 Å². The van der Waals surface area contributed by atoms with E-state index in [0.29, 0.717) is 21.9 Å². The Balaban J connectivity index is 1.87. The molecule has 2 aromatic heterocycles. The number of methoxy groups -OCH3 is 1. The fraction of sp³-hybridized carbons (Fsp3) is 0.0588. The van der Waals surface area contributed by atoms with Crippen LogP contribution >= 0.6 is 22.7 Å². The SMILES string of the molecule is COc1cccc(-c2nc(NC(=O)c3ccc(C(=O)O)s3)sc2C#N)c1. The van der Waals surface area contributed by atoms with Gasteiger partial charge in [-0.15, -0.1) is 11.3 Å². The average molecular weight is 385 g/mol. The Morgan fingerprint density at radius 3 is 2.65 bits per heavy atom. The van der Waals surface area contributed by atoms with Crippen LogP contribution in [0.4, 0.5) is 5.13 Å². The van der Waals surface area contributed by atoms with Gasteiger partial charge in [0.25, 0.3) is 5.91 Å². The molecule has 0 radical (unpaired) electrons. The summed E-state index contributed by atoms with van der Waals surface area (Å²) < 4.78 is 5.18. The predicted molar refractivity (Wildman–Crippen MR) is 98.0 cm³/mol. The van der Waals surface area contributed by atoms with Gasteiger partial charge in [0.05, 0.1) is 12.0 Å². The number of hydrogen-bond acceptors (Lipinski definition) is 7. The highest BCUT2D eigenvalue weighted by Gasteiger charge is 2.18. The monoisotopic (exact) mass is 385 g/mol. The first-order chi connectivity index (χ1) is 12.5. The number of thiophene rings is 1. The molecule has 3 aromatic rings. The van der Waals surface area contributed by atoms with Crippen molar-refractivity contribution in [3.63, 3.8) is 0 Å². The van der Waals surface area contributed by atoms with Gasteiger partial charge in [0.15, 0.2) is 5.13 Å². The lowest BCUT2D eigenvalue weighted by Crippen LogP contribution is -2.09. The Morgan fingerprint density at radius 1 is 1.23 bits per heavy atom. The summed E-state index contributed by atoms with van der Waals surface area (Å²) in [7, 11) is 1.55. The van der Waals surface area contributed by atoms with Gasteiger partial charge in [-0.3, -0.25) is 10.1 Å². The smallest absolute Gasteiger partial charge is 0.345 e. The minimum atomic E-state index is -1.09. The topological polar surface area (TPSA) is 112 Å². The van der Waals surface area contributed by atoms with E-state index in [1.54, 1.807) is 31.4 Å². The van der Waals surface area contributed by atoms with Crippen molar-refractivity contribution in [1.29, 1.82) is 5.26 Å². The van der Waals surface area contributed by atoms with Gasteiger partial charge in [0, 0.05) is 5.56 Å². The van der Waals surface area contributed by atoms with Gasteiger partial charge in [-0.05, 0) is 24.3 Å². The maximum atomic E-state index is 12.3. The molecule has 1 aromatic carbocycles. The number of rotatable bonds is 5. The Morgan fingerprint density at radius 2 is 2.00 bits per heavy atom. The summed E-state index contributed by atoms with van der Waals surface area (Å²) in [6.45, 7) is 0. The number of nitrogens with one attached hydrogen (secondary N) is 1. The van der Waals surface area contributed by atoms with Crippen molar-refractivity contribution in [2.45, 2.75) is 0 Å². The molecule has 0 saturated carbocycles. The molecule has 0 fully saturated rings. The second kappa shape index (κ2) is 7.35. The van der Waals surface area contributed by atoms with Crippen LogP contribution in [0.1, 0.15) is 24.2 Å². The maximum Gasteiger partial charge on any atom is 0.345 e. The van der Waals surface area contributed by atoms with Crippen molar-refractivity contribution in [2.24, 2.45) is 0 Å². The summed E-state index contributed by atoms with van der Waals surface area (Å²) in [5, 5.41) is 21.1. The van der Waals surface area contributed by atoms with Crippen molar-refractivity contribution in [1.82, 2.24) is 4.98 Å². The second-order valence-electron chi connectivity index (χ2n) is 4.96. The highest BCUT2D eigenvalue weighted by atomic mass is 32.1. The van der Waals surface area contributed by atoms with E-state index in [9.17, 15) is 14.9 Å². The minimum Gasteiger partial charge on any atom is -0.497 e. The van der Waals surface area contributed by atoms with Crippen molar-refractivity contribution < 1.29 is 19.4 Å².